The van der Waals surface area contributed by atoms with Gasteiger partial charge < -0.3 is 9.47 Å². The molecule has 9 heteroatoms. The van der Waals surface area contributed by atoms with Gasteiger partial charge in [0.25, 0.3) is 11.8 Å². The third kappa shape index (κ3) is 8.21. The summed E-state index contributed by atoms with van der Waals surface area (Å²) in [6, 6.07) is 24.0. The van der Waals surface area contributed by atoms with Gasteiger partial charge in [0, 0.05) is 12.0 Å². The largest absolute Gasteiger partial charge is 0.492 e. The number of para-hydroxylation sites is 1. The molecule has 3 N–H and O–H groups in total. The third-order valence-corrected chi connectivity index (χ3v) is 5.16. The molecule has 0 atom stereocenters. The van der Waals surface area contributed by atoms with Crippen molar-refractivity contribution in [3.05, 3.63) is 94.5 Å². The summed E-state index contributed by atoms with van der Waals surface area (Å²) in [7, 11) is 0. The Labute approximate surface area is 205 Å². The van der Waals surface area contributed by atoms with Gasteiger partial charge in [-0.25, -0.2) is 0 Å². The second-order valence-electron chi connectivity index (χ2n) is 6.79. The molecule has 0 aliphatic heterocycles. The van der Waals surface area contributed by atoms with E-state index in [0.29, 0.717) is 28.1 Å². The molecule has 0 aliphatic rings. The fourth-order valence-electron chi connectivity index (χ4n) is 2.72. The van der Waals surface area contributed by atoms with Crippen LogP contribution in [0.2, 0.25) is 0 Å². The molecular formula is C24H22BrN3O4S. The van der Waals surface area contributed by atoms with Crippen molar-refractivity contribution in [2.75, 3.05) is 13.2 Å². The fourth-order valence-corrected chi connectivity index (χ4v) is 3.35. The van der Waals surface area contributed by atoms with E-state index in [-0.39, 0.29) is 11.7 Å². The number of hydrogen-bond acceptors (Lipinski definition) is 5. The highest BCUT2D eigenvalue weighted by Gasteiger charge is 2.12. The lowest BCUT2D eigenvalue weighted by molar-refractivity contribution is -0.123. The highest BCUT2D eigenvalue weighted by molar-refractivity contribution is 9.10. The van der Waals surface area contributed by atoms with Gasteiger partial charge in [0.15, 0.2) is 11.7 Å². The standard InChI is InChI=1S/C24H22BrN3O4S/c25-20-15-18(11-12-21(20)31-14-13-17-7-3-1-4-8-17)23(30)26-24(33)28-27-22(29)16-32-19-9-5-2-6-10-19/h1-12,15H,13-14,16H2,(H,27,29)(H2,26,28,30,33). The number of benzene rings is 3. The zero-order chi connectivity index (χ0) is 23.5. The molecule has 0 heterocycles. The van der Waals surface area contributed by atoms with E-state index in [1.807, 2.05) is 36.4 Å². The maximum atomic E-state index is 12.4. The second-order valence-corrected chi connectivity index (χ2v) is 8.05. The Kier molecular flexibility index (Phi) is 9.22. The molecule has 0 aliphatic carbocycles. The van der Waals surface area contributed by atoms with Crippen LogP contribution >= 0.6 is 28.1 Å². The first-order valence-corrected chi connectivity index (χ1v) is 11.3. The van der Waals surface area contributed by atoms with Crippen LogP contribution in [0.25, 0.3) is 0 Å². The monoisotopic (exact) mass is 527 g/mol. The number of rotatable bonds is 8. The molecule has 0 saturated carbocycles. The number of hydrazine groups is 1. The molecule has 0 spiro atoms. The minimum absolute atomic E-state index is 0.0487. The molecular weight excluding hydrogens is 506 g/mol. The first-order valence-electron chi connectivity index (χ1n) is 10.1. The van der Waals surface area contributed by atoms with Gasteiger partial charge in [0.1, 0.15) is 11.5 Å². The predicted octanol–water partition coefficient (Wildman–Crippen LogP) is 3.79. The number of nitrogens with one attached hydrogen (secondary N) is 3. The van der Waals surface area contributed by atoms with Gasteiger partial charge in [0.2, 0.25) is 0 Å². The quantitative estimate of drug-likeness (QED) is 0.305. The molecule has 0 radical (unpaired) electrons. The normalized spacial score (nSPS) is 10.1. The van der Waals surface area contributed by atoms with Crippen molar-refractivity contribution in [2.45, 2.75) is 6.42 Å². The maximum absolute atomic E-state index is 12.4. The highest BCUT2D eigenvalue weighted by atomic mass is 79.9. The Hall–Kier alpha value is -3.43. The number of amides is 2. The third-order valence-electron chi connectivity index (χ3n) is 4.34. The Bertz CT molecular complexity index is 1100. The van der Waals surface area contributed by atoms with Crippen LogP contribution in [0.1, 0.15) is 15.9 Å². The van der Waals surface area contributed by atoms with Crippen molar-refractivity contribution in [3.63, 3.8) is 0 Å². The lowest BCUT2D eigenvalue weighted by atomic mass is 10.2. The summed E-state index contributed by atoms with van der Waals surface area (Å²) >= 11 is 8.48. The molecule has 7 nitrogen and oxygen atoms in total. The molecule has 3 aromatic rings. The molecule has 0 aromatic heterocycles. The minimum atomic E-state index is -0.449. The summed E-state index contributed by atoms with van der Waals surface area (Å²) in [6.07, 6.45) is 0.775. The van der Waals surface area contributed by atoms with Crippen LogP contribution in [0.4, 0.5) is 0 Å². The van der Waals surface area contributed by atoms with Crippen molar-refractivity contribution < 1.29 is 19.1 Å². The van der Waals surface area contributed by atoms with Crippen LogP contribution in [0.15, 0.2) is 83.3 Å². The molecule has 0 unspecified atom stereocenters. The number of carbonyl (C=O) groups excluding carboxylic acids is 2. The van der Waals surface area contributed by atoms with E-state index in [1.165, 1.54) is 5.56 Å². The van der Waals surface area contributed by atoms with Gasteiger partial charge >= 0.3 is 0 Å². The van der Waals surface area contributed by atoms with Gasteiger partial charge in [-0.3, -0.25) is 25.8 Å². The Morgan fingerprint density at radius 1 is 0.879 bits per heavy atom. The van der Waals surface area contributed by atoms with Crippen LogP contribution in [-0.2, 0) is 11.2 Å². The Morgan fingerprint density at radius 2 is 1.58 bits per heavy atom. The topological polar surface area (TPSA) is 88.7 Å². The van der Waals surface area contributed by atoms with Crippen LogP contribution in [-0.4, -0.2) is 30.1 Å². The molecule has 3 rings (SSSR count). The zero-order valence-corrected chi connectivity index (χ0v) is 19.9. The molecule has 0 saturated heterocycles. The first-order chi connectivity index (χ1) is 16.0. The SMILES string of the molecule is O=C(COc1ccccc1)NNC(=S)NC(=O)c1ccc(OCCc2ccccc2)c(Br)c1. The molecule has 170 valence electrons. The zero-order valence-electron chi connectivity index (χ0n) is 17.5. The highest BCUT2D eigenvalue weighted by Crippen LogP contribution is 2.26. The molecule has 0 fully saturated rings. The lowest BCUT2D eigenvalue weighted by Gasteiger charge is -2.12. The van der Waals surface area contributed by atoms with Crippen molar-refractivity contribution in [3.8, 4) is 11.5 Å². The van der Waals surface area contributed by atoms with Crippen molar-refractivity contribution in [1.82, 2.24) is 16.2 Å². The van der Waals surface area contributed by atoms with Crippen molar-refractivity contribution in [2.24, 2.45) is 0 Å². The van der Waals surface area contributed by atoms with Gasteiger partial charge in [0.05, 0.1) is 11.1 Å². The van der Waals surface area contributed by atoms with E-state index in [2.05, 4.69) is 32.1 Å². The average molecular weight is 528 g/mol. The fraction of sp³-hybridized carbons (Fsp3) is 0.125. The Balaban J connectivity index is 1.41. The van der Waals surface area contributed by atoms with Crippen LogP contribution in [0.5, 0.6) is 11.5 Å². The summed E-state index contributed by atoms with van der Waals surface area (Å²) in [5.41, 5.74) is 6.40. The van der Waals surface area contributed by atoms with E-state index in [9.17, 15) is 9.59 Å². The number of ether oxygens (including phenoxy) is 2. The van der Waals surface area contributed by atoms with E-state index < -0.39 is 11.8 Å². The van der Waals surface area contributed by atoms with Crippen molar-refractivity contribution in [1.29, 1.82) is 0 Å². The summed E-state index contributed by atoms with van der Waals surface area (Å²) in [5, 5.41) is 2.45. The first kappa shape index (κ1) is 24.2. The van der Waals surface area contributed by atoms with Gasteiger partial charge in [-0.2, -0.15) is 0 Å². The minimum Gasteiger partial charge on any atom is -0.492 e. The lowest BCUT2D eigenvalue weighted by Crippen LogP contribution is -2.49. The second kappa shape index (κ2) is 12.6. The number of halogens is 1. The number of carbonyl (C=O) groups is 2. The van der Waals surface area contributed by atoms with E-state index in [0.717, 1.165) is 6.42 Å². The van der Waals surface area contributed by atoms with Crippen LogP contribution < -0.4 is 25.6 Å². The number of hydrogen-bond donors (Lipinski definition) is 3. The summed E-state index contributed by atoms with van der Waals surface area (Å²) < 4.78 is 11.8. The number of thiocarbonyl (C=S) groups is 1. The van der Waals surface area contributed by atoms with E-state index >= 15 is 0 Å². The predicted molar refractivity (Wildman–Crippen MR) is 133 cm³/mol. The molecule has 33 heavy (non-hydrogen) atoms. The summed E-state index contributed by atoms with van der Waals surface area (Å²) in [6.45, 7) is 0.308. The molecule has 2 amide bonds. The van der Waals surface area contributed by atoms with Crippen LogP contribution in [0.3, 0.4) is 0 Å². The average Bonchev–Trinajstić information content (AvgIpc) is 2.83. The molecule has 0 bridgehead atoms. The maximum Gasteiger partial charge on any atom is 0.276 e. The van der Waals surface area contributed by atoms with E-state index in [4.69, 9.17) is 21.7 Å². The van der Waals surface area contributed by atoms with Crippen molar-refractivity contribution >= 4 is 45.1 Å². The Morgan fingerprint density at radius 3 is 2.27 bits per heavy atom. The van der Waals surface area contributed by atoms with Crippen LogP contribution in [0, 0.1) is 0 Å². The smallest absolute Gasteiger partial charge is 0.276 e. The molecule has 3 aromatic carbocycles. The van der Waals surface area contributed by atoms with Gasteiger partial charge in [-0.15, -0.1) is 0 Å². The van der Waals surface area contributed by atoms with Gasteiger partial charge in [-0.05, 0) is 64.0 Å². The summed E-state index contributed by atoms with van der Waals surface area (Å²) in [5.74, 6) is 0.324. The summed E-state index contributed by atoms with van der Waals surface area (Å²) in [4.78, 5) is 24.3. The van der Waals surface area contributed by atoms with E-state index in [1.54, 1.807) is 42.5 Å². The van der Waals surface area contributed by atoms with Gasteiger partial charge in [-0.1, -0.05) is 48.5 Å².